The largest absolute Gasteiger partial charge is 0.480 e. The lowest BCUT2D eigenvalue weighted by Crippen LogP contribution is -2.52. The first kappa shape index (κ1) is 25.2. The standard InChI is InChI=1S/C24H28N2O7S/c1-15(23(28)29)26(2)22(27)21(12-13-34(3,31)32)25-24(30)33-14-20-18-10-6-4-8-16(18)17-9-5-7-11-19(17)20/h4-11,15,20-21H,12-14H2,1-3H3,(H,25,30)(H,28,29)/t15-,21?/m0/s1. The number of rotatable bonds is 9. The molecule has 1 unspecified atom stereocenters. The van der Waals surface area contributed by atoms with E-state index in [1.807, 2.05) is 48.5 Å². The summed E-state index contributed by atoms with van der Waals surface area (Å²) >= 11 is 0. The molecule has 1 aliphatic rings. The van der Waals surface area contributed by atoms with Gasteiger partial charge in [-0.3, -0.25) is 4.79 Å². The van der Waals surface area contributed by atoms with Crippen LogP contribution in [0.2, 0.25) is 0 Å². The number of hydrogen-bond acceptors (Lipinski definition) is 6. The Morgan fingerprint density at radius 1 is 1.06 bits per heavy atom. The monoisotopic (exact) mass is 488 g/mol. The number of nitrogens with zero attached hydrogens (tertiary/aromatic N) is 1. The van der Waals surface area contributed by atoms with Gasteiger partial charge in [0.2, 0.25) is 5.91 Å². The average molecular weight is 489 g/mol. The third kappa shape index (κ3) is 5.74. The molecule has 1 aliphatic carbocycles. The molecule has 0 spiro atoms. The van der Waals surface area contributed by atoms with Crippen LogP contribution in [0, 0.1) is 0 Å². The van der Waals surface area contributed by atoms with Crippen LogP contribution in [0.25, 0.3) is 11.1 Å². The van der Waals surface area contributed by atoms with Gasteiger partial charge in [0.1, 0.15) is 28.5 Å². The van der Waals surface area contributed by atoms with Crippen molar-refractivity contribution in [1.29, 1.82) is 0 Å². The summed E-state index contributed by atoms with van der Waals surface area (Å²) in [6.45, 7) is 1.34. The van der Waals surface area contributed by atoms with Gasteiger partial charge in [-0.15, -0.1) is 0 Å². The number of carbonyl (C=O) groups is 3. The third-order valence-electron chi connectivity index (χ3n) is 6.00. The van der Waals surface area contributed by atoms with Gasteiger partial charge < -0.3 is 20.1 Å². The highest BCUT2D eigenvalue weighted by Crippen LogP contribution is 2.44. The number of nitrogens with one attached hydrogen (secondary N) is 1. The van der Waals surface area contributed by atoms with Crippen molar-refractivity contribution in [3.05, 3.63) is 59.7 Å². The van der Waals surface area contributed by atoms with Gasteiger partial charge in [0, 0.05) is 19.2 Å². The number of carboxylic acid groups (broad SMARTS) is 1. The minimum Gasteiger partial charge on any atom is -0.480 e. The lowest BCUT2D eigenvalue weighted by atomic mass is 9.98. The Kier molecular flexibility index (Phi) is 7.61. The molecule has 2 amide bonds. The number of likely N-dealkylation sites (N-methyl/N-ethyl adjacent to an activating group) is 1. The fourth-order valence-corrected chi connectivity index (χ4v) is 4.64. The lowest BCUT2D eigenvalue weighted by Gasteiger charge is -2.27. The summed E-state index contributed by atoms with van der Waals surface area (Å²) in [4.78, 5) is 37.7. The zero-order valence-electron chi connectivity index (χ0n) is 19.2. The van der Waals surface area contributed by atoms with Crippen LogP contribution in [0.5, 0.6) is 0 Å². The molecule has 0 aromatic heterocycles. The Labute approximate surface area is 198 Å². The second-order valence-electron chi connectivity index (χ2n) is 8.40. The molecule has 2 aromatic carbocycles. The molecule has 0 bridgehead atoms. The van der Waals surface area contributed by atoms with E-state index in [2.05, 4.69) is 5.32 Å². The molecule has 0 saturated carbocycles. The fourth-order valence-electron chi connectivity index (χ4n) is 3.97. The topological polar surface area (TPSA) is 130 Å². The highest BCUT2D eigenvalue weighted by Gasteiger charge is 2.32. The molecule has 182 valence electrons. The molecule has 0 heterocycles. The number of carbonyl (C=O) groups excluding carboxylic acids is 2. The van der Waals surface area contributed by atoms with E-state index in [9.17, 15) is 27.9 Å². The molecule has 2 aromatic rings. The van der Waals surface area contributed by atoms with E-state index >= 15 is 0 Å². The first-order valence-corrected chi connectivity index (χ1v) is 12.8. The first-order valence-electron chi connectivity index (χ1n) is 10.8. The quantitative estimate of drug-likeness (QED) is 0.554. The van der Waals surface area contributed by atoms with Crippen LogP contribution in [0.3, 0.4) is 0 Å². The number of sulfone groups is 1. The normalized spacial score (nSPS) is 14.4. The zero-order valence-corrected chi connectivity index (χ0v) is 20.0. The fraction of sp³-hybridized carbons (Fsp3) is 0.375. The summed E-state index contributed by atoms with van der Waals surface area (Å²) in [7, 11) is -2.14. The summed E-state index contributed by atoms with van der Waals surface area (Å²) in [5.41, 5.74) is 4.18. The summed E-state index contributed by atoms with van der Waals surface area (Å²) in [5.74, 6) is -2.48. The van der Waals surface area contributed by atoms with E-state index in [-0.39, 0.29) is 24.7 Å². The Morgan fingerprint density at radius 2 is 1.59 bits per heavy atom. The van der Waals surface area contributed by atoms with Crippen molar-refractivity contribution in [2.75, 3.05) is 25.7 Å². The van der Waals surface area contributed by atoms with Crippen LogP contribution in [-0.4, -0.2) is 74.1 Å². The second kappa shape index (κ2) is 10.3. The van der Waals surface area contributed by atoms with E-state index < -0.39 is 39.9 Å². The van der Waals surface area contributed by atoms with Crippen molar-refractivity contribution in [3.63, 3.8) is 0 Å². The van der Waals surface area contributed by atoms with Crippen LogP contribution in [0.15, 0.2) is 48.5 Å². The van der Waals surface area contributed by atoms with Crippen LogP contribution >= 0.6 is 0 Å². The lowest BCUT2D eigenvalue weighted by molar-refractivity contribution is -0.149. The molecular formula is C24H28N2O7S. The maximum absolute atomic E-state index is 12.8. The van der Waals surface area contributed by atoms with Gasteiger partial charge in [-0.25, -0.2) is 18.0 Å². The van der Waals surface area contributed by atoms with Gasteiger partial charge in [0.15, 0.2) is 0 Å². The highest BCUT2D eigenvalue weighted by atomic mass is 32.2. The molecule has 2 N–H and O–H groups in total. The van der Waals surface area contributed by atoms with Gasteiger partial charge in [-0.1, -0.05) is 48.5 Å². The van der Waals surface area contributed by atoms with Gasteiger partial charge in [-0.2, -0.15) is 0 Å². The molecule has 0 aliphatic heterocycles. The maximum atomic E-state index is 12.8. The molecule has 9 nitrogen and oxygen atoms in total. The molecule has 3 rings (SSSR count). The van der Waals surface area contributed by atoms with Crippen molar-refractivity contribution in [2.24, 2.45) is 0 Å². The Bertz CT molecular complexity index is 1150. The number of fused-ring (bicyclic) bond motifs is 3. The summed E-state index contributed by atoms with van der Waals surface area (Å²) < 4.78 is 28.7. The number of benzene rings is 2. The number of ether oxygens (including phenoxy) is 1. The average Bonchev–Trinajstić information content (AvgIpc) is 3.12. The van der Waals surface area contributed by atoms with E-state index in [1.165, 1.54) is 14.0 Å². The number of amides is 2. The minimum absolute atomic E-state index is 0.0220. The van der Waals surface area contributed by atoms with Gasteiger partial charge >= 0.3 is 12.1 Å². The second-order valence-corrected chi connectivity index (χ2v) is 10.7. The van der Waals surface area contributed by atoms with Gasteiger partial charge in [0.25, 0.3) is 0 Å². The molecule has 0 fully saturated rings. The Hall–Kier alpha value is -3.40. The molecular weight excluding hydrogens is 460 g/mol. The van der Waals surface area contributed by atoms with Crippen molar-refractivity contribution in [3.8, 4) is 11.1 Å². The Balaban J connectivity index is 1.72. The molecule has 0 saturated heterocycles. The zero-order chi connectivity index (χ0) is 25.0. The number of alkyl carbamates (subject to hydrolysis) is 1. The summed E-state index contributed by atoms with van der Waals surface area (Å²) in [6.07, 6.45) is -0.0747. The van der Waals surface area contributed by atoms with E-state index in [0.29, 0.717) is 0 Å². The van der Waals surface area contributed by atoms with Crippen molar-refractivity contribution in [2.45, 2.75) is 31.3 Å². The third-order valence-corrected chi connectivity index (χ3v) is 6.97. The van der Waals surface area contributed by atoms with Crippen LogP contribution in [-0.2, 0) is 24.2 Å². The first-order chi connectivity index (χ1) is 16.0. The van der Waals surface area contributed by atoms with Crippen LogP contribution in [0.4, 0.5) is 4.79 Å². The summed E-state index contributed by atoms with van der Waals surface area (Å²) in [6, 6.07) is 13.3. The molecule has 34 heavy (non-hydrogen) atoms. The highest BCUT2D eigenvalue weighted by molar-refractivity contribution is 7.90. The summed E-state index contributed by atoms with van der Waals surface area (Å²) in [5, 5.41) is 11.6. The van der Waals surface area contributed by atoms with Crippen molar-refractivity contribution < 1.29 is 32.6 Å². The Morgan fingerprint density at radius 3 is 2.09 bits per heavy atom. The van der Waals surface area contributed by atoms with E-state index in [0.717, 1.165) is 33.4 Å². The number of aliphatic carboxylic acids is 1. The predicted molar refractivity (Wildman–Crippen MR) is 126 cm³/mol. The van der Waals surface area contributed by atoms with Gasteiger partial charge in [-0.05, 0) is 35.6 Å². The van der Waals surface area contributed by atoms with Crippen LogP contribution in [0.1, 0.15) is 30.4 Å². The van der Waals surface area contributed by atoms with Gasteiger partial charge in [0.05, 0.1) is 5.75 Å². The maximum Gasteiger partial charge on any atom is 0.407 e. The van der Waals surface area contributed by atoms with E-state index in [1.54, 1.807) is 0 Å². The molecule has 2 atom stereocenters. The van der Waals surface area contributed by atoms with Crippen LogP contribution < -0.4 is 5.32 Å². The SMILES string of the molecule is C[C@@H](C(=O)O)N(C)C(=O)C(CCS(C)(=O)=O)NC(=O)OCC1c2ccccc2-c2ccccc21. The van der Waals surface area contributed by atoms with Crippen molar-refractivity contribution >= 4 is 27.8 Å². The minimum atomic E-state index is -3.42. The number of hydrogen-bond donors (Lipinski definition) is 2. The molecule has 10 heteroatoms. The van der Waals surface area contributed by atoms with Crippen molar-refractivity contribution in [1.82, 2.24) is 10.2 Å². The molecule has 0 radical (unpaired) electrons. The smallest absolute Gasteiger partial charge is 0.407 e. The van der Waals surface area contributed by atoms with E-state index in [4.69, 9.17) is 4.74 Å². The predicted octanol–water partition coefficient (Wildman–Crippen LogP) is 2.26. The number of carboxylic acids is 1.